The standard InChI is InChI=1S/C25H37ClN4O3/c1-28-18-30(24-22(28)23(32)27-25(33)29(24)2)17-9-7-5-3-4-6-8-10-21(31)16-13-19-11-14-20(26)15-12-19/h11-12,14-15,21,31H,3-10,13,16-18H2,1-2H3,(H,27,32,33). The summed E-state index contributed by atoms with van der Waals surface area (Å²) in [4.78, 5) is 30.5. The van der Waals surface area contributed by atoms with Crippen LogP contribution in [0.4, 0.5) is 11.5 Å². The third-order valence-corrected chi connectivity index (χ3v) is 6.73. The number of aromatic amines is 1. The molecule has 0 radical (unpaired) electrons. The normalized spacial score (nSPS) is 14.1. The Morgan fingerprint density at radius 2 is 1.61 bits per heavy atom. The third kappa shape index (κ3) is 7.11. The summed E-state index contributed by atoms with van der Waals surface area (Å²) in [5.41, 5.74) is 1.12. The first-order valence-corrected chi connectivity index (χ1v) is 12.5. The molecule has 1 aromatic carbocycles. The summed E-state index contributed by atoms with van der Waals surface area (Å²) in [7, 11) is 3.59. The topological polar surface area (TPSA) is 81.6 Å². The average Bonchev–Trinajstić information content (AvgIpc) is 3.12. The number of rotatable bonds is 13. The maximum atomic E-state index is 12.1. The van der Waals surface area contributed by atoms with Crippen molar-refractivity contribution in [2.24, 2.45) is 7.05 Å². The van der Waals surface area contributed by atoms with Crippen LogP contribution in [0.1, 0.15) is 63.4 Å². The number of hydrogen-bond donors (Lipinski definition) is 2. The number of nitrogens with one attached hydrogen (secondary N) is 1. The molecule has 0 saturated carbocycles. The van der Waals surface area contributed by atoms with Crippen LogP contribution in [0.2, 0.25) is 5.02 Å². The Bertz CT molecular complexity index is 1000. The number of halogens is 1. The van der Waals surface area contributed by atoms with Gasteiger partial charge in [0.15, 0.2) is 0 Å². The number of aryl methyl sites for hydroxylation is 1. The van der Waals surface area contributed by atoms with Crippen LogP contribution in [0.15, 0.2) is 33.9 Å². The number of unbranched alkanes of at least 4 members (excludes halogenated alkanes) is 6. The SMILES string of the molecule is CN1CN(CCCCCCCCCC(O)CCc2ccc(Cl)cc2)c2c1c(=O)[nH]c(=O)n2C. The number of aliphatic hydroxyl groups is 1. The number of nitrogens with zero attached hydrogens (tertiary/aromatic N) is 3. The lowest BCUT2D eigenvalue weighted by Crippen LogP contribution is -2.32. The molecular formula is C25H37ClN4O3. The van der Waals surface area contributed by atoms with E-state index in [1.165, 1.54) is 29.4 Å². The monoisotopic (exact) mass is 476 g/mol. The van der Waals surface area contributed by atoms with Crippen LogP contribution in [0.25, 0.3) is 0 Å². The second kappa shape index (κ2) is 12.3. The Labute approximate surface area is 201 Å². The Morgan fingerprint density at radius 1 is 0.970 bits per heavy atom. The molecule has 2 N–H and O–H groups in total. The van der Waals surface area contributed by atoms with E-state index >= 15 is 0 Å². The van der Waals surface area contributed by atoms with Crippen molar-refractivity contribution in [2.45, 2.75) is 70.3 Å². The highest BCUT2D eigenvalue weighted by molar-refractivity contribution is 6.30. The zero-order valence-electron chi connectivity index (χ0n) is 19.9. The van der Waals surface area contributed by atoms with Gasteiger partial charge in [0.05, 0.1) is 12.8 Å². The molecule has 33 heavy (non-hydrogen) atoms. The highest BCUT2D eigenvalue weighted by Crippen LogP contribution is 2.29. The minimum atomic E-state index is -0.367. The second-order valence-corrected chi connectivity index (χ2v) is 9.61. The van der Waals surface area contributed by atoms with Gasteiger partial charge in [0.25, 0.3) is 5.56 Å². The van der Waals surface area contributed by atoms with Gasteiger partial charge in [-0.1, -0.05) is 62.3 Å². The molecule has 3 rings (SSSR count). The average molecular weight is 477 g/mol. The van der Waals surface area contributed by atoms with Crippen LogP contribution in [-0.4, -0.2) is 41.0 Å². The summed E-state index contributed by atoms with van der Waals surface area (Å²) >= 11 is 5.91. The van der Waals surface area contributed by atoms with Gasteiger partial charge in [0.1, 0.15) is 11.5 Å². The summed E-state index contributed by atoms with van der Waals surface area (Å²) in [5, 5.41) is 11.0. The van der Waals surface area contributed by atoms with E-state index in [1.807, 2.05) is 36.2 Å². The molecule has 2 heterocycles. The molecule has 0 bridgehead atoms. The molecule has 1 aliphatic heterocycles. The van der Waals surface area contributed by atoms with Gasteiger partial charge in [-0.25, -0.2) is 4.79 Å². The Balaban J connectivity index is 1.24. The smallest absolute Gasteiger partial charge is 0.329 e. The summed E-state index contributed by atoms with van der Waals surface area (Å²) in [6.07, 6.45) is 10.3. The van der Waals surface area contributed by atoms with Crippen LogP contribution < -0.4 is 21.0 Å². The van der Waals surface area contributed by atoms with Crippen molar-refractivity contribution < 1.29 is 5.11 Å². The molecule has 1 atom stereocenters. The lowest BCUT2D eigenvalue weighted by atomic mass is 10.0. The molecule has 0 fully saturated rings. The summed E-state index contributed by atoms with van der Waals surface area (Å²) < 4.78 is 1.53. The fourth-order valence-corrected chi connectivity index (χ4v) is 4.69. The number of fused-ring (bicyclic) bond motifs is 1. The highest BCUT2D eigenvalue weighted by Gasteiger charge is 2.28. The number of aromatic nitrogens is 2. The third-order valence-electron chi connectivity index (χ3n) is 6.48. The van der Waals surface area contributed by atoms with E-state index in [9.17, 15) is 14.7 Å². The second-order valence-electron chi connectivity index (χ2n) is 9.18. The molecule has 1 aromatic heterocycles. The Kier molecular flexibility index (Phi) is 9.44. The van der Waals surface area contributed by atoms with Crippen LogP contribution in [0, 0.1) is 0 Å². The molecular weight excluding hydrogens is 440 g/mol. The molecule has 0 saturated heterocycles. The minimum absolute atomic E-state index is 0.231. The number of aliphatic hydroxyl groups excluding tert-OH is 1. The van der Waals surface area contributed by atoms with Crippen LogP contribution in [0.3, 0.4) is 0 Å². The fraction of sp³-hybridized carbons (Fsp3) is 0.600. The van der Waals surface area contributed by atoms with Crippen molar-refractivity contribution in [3.8, 4) is 0 Å². The molecule has 0 amide bonds. The lowest BCUT2D eigenvalue weighted by Gasteiger charge is -2.20. The molecule has 0 spiro atoms. The summed E-state index contributed by atoms with van der Waals surface area (Å²) in [6.45, 7) is 1.48. The van der Waals surface area contributed by atoms with E-state index in [0.717, 1.165) is 62.3 Å². The van der Waals surface area contributed by atoms with Gasteiger partial charge < -0.3 is 14.9 Å². The van der Waals surface area contributed by atoms with E-state index in [0.29, 0.717) is 12.4 Å². The molecule has 8 heteroatoms. The quantitative estimate of drug-likeness (QED) is 0.426. The van der Waals surface area contributed by atoms with Crippen molar-refractivity contribution >= 4 is 23.1 Å². The van der Waals surface area contributed by atoms with E-state index in [-0.39, 0.29) is 17.4 Å². The van der Waals surface area contributed by atoms with Gasteiger partial charge >= 0.3 is 5.69 Å². The number of hydrogen-bond acceptors (Lipinski definition) is 5. The number of H-pyrrole nitrogens is 1. The van der Waals surface area contributed by atoms with Crippen molar-refractivity contribution in [3.63, 3.8) is 0 Å². The maximum Gasteiger partial charge on any atom is 0.329 e. The van der Waals surface area contributed by atoms with E-state index in [4.69, 9.17) is 11.6 Å². The zero-order chi connectivity index (χ0) is 23.8. The Hall–Kier alpha value is -2.25. The maximum absolute atomic E-state index is 12.1. The van der Waals surface area contributed by atoms with Crippen molar-refractivity contribution in [1.29, 1.82) is 0 Å². The molecule has 182 valence electrons. The predicted molar refractivity (Wildman–Crippen MR) is 136 cm³/mol. The van der Waals surface area contributed by atoms with E-state index < -0.39 is 0 Å². The van der Waals surface area contributed by atoms with Gasteiger partial charge in [-0.2, -0.15) is 0 Å². The molecule has 0 aliphatic carbocycles. The highest BCUT2D eigenvalue weighted by atomic mass is 35.5. The first kappa shape index (κ1) is 25.4. The van der Waals surface area contributed by atoms with Crippen molar-refractivity contribution in [1.82, 2.24) is 9.55 Å². The van der Waals surface area contributed by atoms with Crippen LogP contribution >= 0.6 is 11.6 Å². The molecule has 1 aliphatic rings. The minimum Gasteiger partial charge on any atom is -0.393 e. The molecule has 7 nitrogen and oxygen atoms in total. The summed E-state index contributed by atoms with van der Waals surface area (Å²) in [5.74, 6) is 0.723. The summed E-state index contributed by atoms with van der Waals surface area (Å²) in [6, 6.07) is 7.84. The van der Waals surface area contributed by atoms with Crippen LogP contribution in [-0.2, 0) is 13.5 Å². The number of anilines is 2. The van der Waals surface area contributed by atoms with Crippen LogP contribution in [0.5, 0.6) is 0 Å². The molecule has 2 aromatic rings. The van der Waals surface area contributed by atoms with E-state index in [2.05, 4.69) is 9.88 Å². The van der Waals surface area contributed by atoms with Gasteiger partial charge in [0.2, 0.25) is 0 Å². The largest absolute Gasteiger partial charge is 0.393 e. The molecule has 1 unspecified atom stereocenters. The van der Waals surface area contributed by atoms with Crippen molar-refractivity contribution in [2.75, 3.05) is 30.1 Å². The lowest BCUT2D eigenvalue weighted by molar-refractivity contribution is 0.151. The predicted octanol–water partition coefficient (Wildman–Crippen LogP) is 4.06. The van der Waals surface area contributed by atoms with Crippen molar-refractivity contribution in [3.05, 3.63) is 55.7 Å². The van der Waals surface area contributed by atoms with Gasteiger partial charge in [-0.15, -0.1) is 0 Å². The first-order valence-electron chi connectivity index (χ1n) is 12.1. The van der Waals surface area contributed by atoms with E-state index in [1.54, 1.807) is 7.05 Å². The fourth-order valence-electron chi connectivity index (χ4n) is 4.57. The number of benzene rings is 1. The zero-order valence-corrected chi connectivity index (χ0v) is 20.6. The van der Waals surface area contributed by atoms with Gasteiger partial charge in [0, 0.05) is 25.7 Å². The first-order chi connectivity index (χ1) is 15.9. The van der Waals surface area contributed by atoms with Gasteiger partial charge in [-0.05, 0) is 43.4 Å². The van der Waals surface area contributed by atoms with Gasteiger partial charge in [-0.3, -0.25) is 14.3 Å². The Morgan fingerprint density at radius 3 is 2.30 bits per heavy atom.